The Balaban J connectivity index is 1.83. The first kappa shape index (κ1) is 12.4. The van der Waals surface area contributed by atoms with Crippen molar-refractivity contribution in [2.45, 2.75) is 19.9 Å². The van der Waals surface area contributed by atoms with Crippen molar-refractivity contribution < 1.29 is 4.79 Å². The van der Waals surface area contributed by atoms with Crippen LogP contribution in [-0.4, -0.2) is 22.2 Å². The maximum Gasteiger partial charge on any atom is 0.251 e. The van der Waals surface area contributed by atoms with Crippen LogP contribution >= 0.6 is 0 Å². The third kappa shape index (κ3) is 3.20. The summed E-state index contributed by atoms with van der Waals surface area (Å²) >= 11 is 0. The first-order valence-corrected chi connectivity index (χ1v) is 6.14. The number of nitrogens with zero attached hydrogens (tertiary/aromatic N) is 2. The van der Waals surface area contributed by atoms with Gasteiger partial charge in [-0.3, -0.25) is 9.48 Å². The zero-order valence-corrected chi connectivity index (χ0v) is 10.5. The van der Waals surface area contributed by atoms with Gasteiger partial charge in [-0.25, -0.2) is 0 Å². The molecule has 0 aliphatic carbocycles. The SMILES string of the molecule is CCc1ccc(C(=O)NCCn2cccn2)cc1. The van der Waals surface area contributed by atoms with E-state index in [9.17, 15) is 4.79 Å². The van der Waals surface area contributed by atoms with Crippen molar-refractivity contribution >= 4 is 5.91 Å². The standard InChI is InChI=1S/C14H17N3O/c1-2-12-4-6-13(7-5-12)14(18)15-9-11-17-10-3-8-16-17/h3-8,10H,2,9,11H2,1H3,(H,15,18). The zero-order chi connectivity index (χ0) is 12.8. The average Bonchev–Trinajstić information content (AvgIpc) is 2.92. The minimum Gasteiger partial charge on any atom is -0.350 e. The average molecular weight is 243 g/mol. The number of nitrogens with one attached hydrogen (secondary N) is 1. The van der Waals surface area contributed by atoms with Gasteiger partial charge < -0.3 is 5.32 Å². The first-order chi connectivity index (χ1) is 8.79. The topological polar surface area (TPSA) is 46.9 Å². The van der Waals surface area contributed by atoms with Crippen LogP contribution in [0.15, 0.2) is 42.7 Å². The fraction of sp³-hybridized carbons (Fsp3) is 0.286. The normalized spacial score (nSPS) is 10.3. The van der Waals surface area contributed by atoms with Crippen LogP contribution in [0.1, 0.15) is 22.8 Å². The Kier molecular flexibility index (Phi) is 4.12. The number of carbonyl (C=O) groups excluding carboxylic acids is 1. The van der Waals surface area contributed by atoms with Crippen LogP contribution in [0.5, 0.6) is 0 Å². The van der Waals surface area contributed by atoms with Gasteiger partial charge in [-0.1, -0.05) is 19.1 Å². The van der Waals surface area contributed by atoms with Crippen LogP contribution in [0, 0.1) is 0 Å². The number of carbonyl (C=O) groups is 1. The molecule has 0 unspecified atom stereocenters. The highest BCUT2D eigenvalue weighted by Crippen LogP contribution is 2.04. The lowest BCUT2D eigenvalue weighted by molar-refractivity contribution is 0.0952. The molecule has 0 saturated carbocycles. The van der Waals surface area contributed by atoms with Crippen molar-refractivity contribution in [2.24, 2.45) is 0 Å². The van der Waals surface area contributed by atoms with Gasteiger partial charge in [0.1, 0.15) is 0 Å². The molecule has 4 heteroatoms. The van der Waals surface area contributed by atoms with Crippen LogP contribution < -0.4 is 5.32 Å². The Morgan fingerprint density at radius 2 is 2.11 bits per heavy atom. The second kappa shape index (κ2) is 6.00. The van der Waals surface area contributed by atoms with E-state index >= 15 is 0 Å². The molecule has 1 N–H and O–H groups in total. The van der Waals surface area contributed by atoms with E-state index in [4.69, 9.17) is 0 Å². The van der Waals surface area contributed by atoms with Gasteiger partial charge in [0.25, 0.3) is 5.91 Å². The minimum atomic E-state index is -0.0372. The summed E-state index contributed by atoms with van der Waals surface area (Å²) in [5.74, 6) is -0.0372. The highest BCUT2D eigenvalue weighted by Gasteiger charge is 2.04. The Labute approximate surface area is 107 Å². The molecule has 4 nitrogen and oxygen atoms in total. The van der Waals surface area contributed by atoms with Crippen molar-refractivity contribution in [3.63, 3.8) is 0 Å². The van der Waals surface area contributed by atoms with Crippen LogP contribution in [0.3, 0.4) is 0 Å². The maximum absolute atomic E-state index is 11.8. The van der Waals surface area contributed by atoms with E-state index in [1.165, 1.54) is 5.56 Å². The monoisotopic (exact) mass is 243 g/mol. The maximum atomic E-state index is 11.8. The lowest BCUT2D eigenvalue weighted by atomic mass is 10.1. The van der Waals surface area contributed by atoms with E-state index in [2.05, 4.69) is 17.3 Å². The zero-order valence-electron chi connectivity index (χ0n) is 10.5. The van der Waals surface area contributed by atoms with E-state index in [-0.39, 0.29) is 5.91 Å². The number of rotatable bonds is 5. The van der Waals surface area contributed by atoms with Crippen molar-refractivity contribution in [3.8, 4) is 0 Å². The first-order valence-electron chi connectivity index (χ1n) is 6.14. The van der Waals surface area contributed by atoms with Crippen molar-refractivity contribution in [1.82, 2.24) is 15.1 Å². The van der Waals surface area contributed by atoms with Gasteiger partial charge in [-0.05, 0) is 30.2 Å². The second-order valence-corrected chi connectivity index (χ2v) is 4.08. The summed E-state index contributed by atoms with van der Waals surface area (Å²) in [6, 6.07) is 9.57. The van der Waals surface area contributed by atoms with Crippen LogP contribution in [0.2, 0.25) is 0 Å². The Morgan fingerprint density at radius 1 is 1.33 bits per heavy atom. The summed E-state index contributed by atoms with van der Waals surface area (Å²) in [7, 11) is 0. The van der Waals surface area contributed by atoms with E-state index in [0.717, 1.165) is 6.42 Å². The number of hydrogen-bond acceptors (Lipinski definition) is 2. The largest absolute Gasteiger partial charge is 0.350 e. The number of aryl methyl sites for hydroxylation is 1. The van der Waals surface area contributed by atoms with Gasteiger partial charge in [-0.2, -0.15) is 5.10 Å². The third-order valence-corrected chi connectivity index (χ3v) is 2.81. The molecule has 0 spiro atoms. The molecule has 0 atom stereocenters. The highest BCUT2D eigenvalue weighted by molar-refractivity contribution is 5.94. The van der Waals surface area contributed by atoms with Crippen molar-refractivity contribution in [3.05, 3.63) is 53.9 Å². The van der Waals surface area contributed by atoms with E-state index in [1.54, 1.807) is 10.9 Å². The van der Waals surface area contributed by atoms with Crippen LogP contribution in [0.4, 0.5) is 0 Å². The highest BCUT2D eigenvalue weighted by atomic mass is 16.1. The molecule has 0 radical (unpaired) electrons. The third-order valence-electron chi connectivity index (χ3n) is 2.81. The van der Waals surface area contributed by atoms with Crippen molar-refractivity contribution in [1.29, 1.82) is 0 Å². The Hall–Kier alpha value is -2.10. The molecule has 0 aliphatic heterocycles. The summed E-state index contributed by atoms with van der Waals surface area (Å²) < 4.78 is 1.79. The fourth-order valence-corrected chi connectivity index (χ4v) is 1.71. The molecule has 1 aromatic carbocycles. The van der Waals surface area contributed by atoms with Gasteiger partial charge in [0.15, 0.2) is 0 Å². The summed E-state index contributed by atoms with van der Waals surface area (Å²) in [5.41, 5.74) is 1.94. The number of amides is 1. The molecule has 0 aliphatic rings. The van der Waals surface area contributed by atoms with Gasteiger partial charge >= 0.3 is 0 Å². The molecule has 94 valence electrons. The van der Waals surface area contributed by atoms with Gasteiger partial charge in [0, 0.05) is 24.5 Å². The molecule has 1 aromatic heterocycles. The molecular formula is C14H17N3O. The quantitative estimate of drug-likeness (QED) is 0.871. The van der Waals surface area contributed by atoms with E-state index in [1.807, 2.05) is 36.5 Å². The molecule has 1 heterocycles. The minimum absolute atomic E-state index is 0.0372. The van der Waals surface area contributed by atoms with Gasteiger partial charge in [0.05, 0.1) is 6.54 Å². The lowest BCUT2D eigenvalue weighted by Gasteiger charge is -2.06. The number of aromatic nitrogens is 2. The molecule has 2 aromatic rings. The summed E-state index contributed by atoms with van der Waals surface area (Å²) in [6.07, 6.45) is 4.59. The Bertz CT molecular complexity index is 488. The molecule has 1 amide bonds. The lowest BCUT2D eigenvalue weighted by Crippen LogP contribution is -2.27. The molecule has 0 fully saturated rings. The molecule has 0 saturated heterocycles. The predicted octanol–water partition coefficient (Wildman–Crippen LogP) is 1.88. The molecule has 18 heavy (non-hydrogen) atoms. The predicted molar refractivity (Wildman–Crippen MR) is 70.4 cm³/mol. The van der Waals surface area contributed by atoms with Gasteiger partial charge in [-0.15, -0.1) is 0 Å². The van der Waals surface area contributed by atoms with Crippen molar-refractivity contribution in [2.75, 3.05) is 6.54 Å². The van der Waals surface area contributed by atoms with Crippen LogP contribution in [-0.2, 0) is 13.0 Å². The van der Waals surface area contributed by atoms with E-state index in [0.29, 0.717) is 18.7 Å². The smallest absolute Gasteiger partial charge is 0.251 e. The molecular weight excluding hydrogens is 226 g/mol. The van der Waals surface area contributed by atoms with E-state index < -0.39 is 0 Å². The van der Waals surface area contributed by atoms with Gasteiger partial charge in [0.2, 0.25) is 0 Å². The molecule has 0 bridgehead atoms. The number of benzene rings is 1. The second-order valence-electron chi connectivity index (χ2n) is 4.08. The Morgan fingerprint density at radius 3 is 2.72 bits per heavy atom. The molecule has 2 rings (SSSR count). The van der Waals surface area contributed by atoms with Crippen LogP contribution in [0.25, 0.3) is 0 Å². The summed E-state index contributed by atoms with van der Waals surface area (Å²) in [5, 5.41) is 6.95. The summed E-state index contributed by atoms with van der Waals surface area (Å²) in [6.45, 7) is 3.36. The fourth-order valence-electron chi connectivity index (χ4n) is 1.71. The number of hydrogen-bond donors (Lipinski definition) is 1. The summed E-state index contributed by atoms with van der Waals surface area (Å²) in [4.78, 5) is 11.8.